The molecule has 16 heavy (non-hydrogen) atoms. The molecule has 82 valence electrons. The highest BCUT2D eigenvalue weighted by Gasteiger charge is 2.03. The fourth-order valence-electron chi connectivity index (χ4n) is 1.91. The van der Waals surface area contributed by atoms with Crippen molar-refractivity contribution >= 4 is 16.3 Å². The molecule has 0 saturated carbocycles. The molecule has 1 aromatic carbocycles. The van der Waals surface area contributed by atoms with Gasteiger partial charge in [-0.1, -0.05) is 32.6 Å². The van der Waals surface area contributed by atoms with Crippen molar-refractivity contribution in [2.24, 2.45) is 5.92 Å². The molecule has 0 atom stereocenters. The zero-order valence-electron chi connectivity index (χ0n) is 9.90. The predicted molar refractivity (Wildman–Crippen MR) is 70.2 cm³/mol. The van der Waals surface area contributed by atoms with Crippen LogP contribution in [0, 0.1) is 5.92 Å². The predicted octanol–water partition coefficient (Wildman–Crippen LogP) is 4.29. The van der Waals surface area contributed by atoms with E-state index in [1.165, 1.54) is 21.9 Å². The van der Waals surface area contributed by atoms with Crippen molar-refractivity contribution in [1.82, 2.24) is 4.98 Å². The monoisotopic (exact) mass is 211 g/mol. The molecule has 1 heteroatoms. The van der Waals surface area contributed by atoms with Gasteiger partial charge in [0.15, 0.2) is 0 Å². The van der Waals surface area contributed by atoms with Crippen molar-refractivity contribution in [3.63, 3.8) is 0 Å². The Morgan fingerprint density at radius 1 is 1.25 bits per heavy atom. The number of hydrogen-bond donors (Lipinski definition) is 0. The molecule has 0 aliphatic heterocycles. The van der Waals surface area contributed by atoms with E-state index < -0.39 is 0 Å². The molecule has 0 aliphatic rings. The van der Waals surface area contributed by atoms with Crippen LogP contribution in [0.3, 0.4) is 0 Å². The summed E-state index contributed by atoms with van der Waals surface area (Å²) >= 11 is 0. The minimum atomic E-state index is 0.653. The van der Waals surface area contributed by atoms with Crippen molar-refractivity contribution in [3.8, 4) is 0 Å². The molecule has 0 spiro atoms. The van der Waals surface area contributed by atoms with Gasteiger partial charge in [-0.3, -0.25) is 4.98 Å². The normalized spacial score (nSPS) is 10.9. The average Bonchev–Trinajstić information content (AvgIpc) is 2.27. The zero-order valence-corrected chi connectivity index (χ0v) is 9.90. The molecule has 0 fully saturated rings. The summed E-state index contributed by atoms with van der Waals surface area (Å²) < 4.78 is 0. The van der Waals surface area contributed by atoms with Crippen LogP contribution in [-0.2, 0) is 0 Å². The standard InChI is InChI=1S/C15H17N/c1-11(2)8-12(3)13-4-5-15-10-16-7-6-14(15)9-13/h4-7,9-11H,3,8H2,1-2H3. The smallest absolute Gasteiger partial charge is 0.0346 e. The van der Waals surface area contributed by atoms with E-state index in [0.717, 1.165) is 6.42 Å². The summed E-state index contributed by atoms with van der Waals surface area (Å²) in [6.07, 6.45) is 4.78. The highest BCUT2D eigenvalue weighted by atomic mass is 14.6. The van der Waals surface area contributed by atoms with Crippen LogP contribution in [0.4, 0.5) is 0 Å². The van der Waals surface area contributed by atoms with Crippen LogP contribution >= 0.6 is 0 Å². The molecule has 0 unspecified atom stereocenters. The maximum absolute atomic E-state index is 4.16. The summed E-state index contributed by atoms with van der Waals surface area (Å²) in [6, 6.07) is 8.49. The summed E-state index contributed by atoms with van der Waals surface area (Å²) in [5.41, 5.74) is 2.46. The summed E-state index contributed by atoms with van der Waals surface area (Å²) in [7, 11) is 0. The fraction of sp³-hybridized carbons (Fsp3) is 0.267. The maximum atomic E-state index is 4.16. The molecule has 0 amide bonds. The van der Waals surface area contributed by atoms with Crippen molar-refractivity contribution < 1.29 is 0 Å². The van der Waals surface area contributed by atoms with Crippen molar-refractivity contribution in [2.75, 3.05) is 0 Å². The van der Waals surface area contributed by atoms with Gasteiger partial charge in [-0.2, -0.15) is 0 Å². The number of rotatable bonds is 3. The van der Waals surface area contributed by atoms with E-state index in [0.29, 0.717) is 5.92 Å². The molecule has 2 aromatic rings. The summed E-state index contributed by atoms with van der Waals surface area (Å²) in [4.78, 5) is 4.11. The molecule has 0 saturated heterocycles. The number of benzene rings is 1. The lowest BCUT2D eigenvalue weighted by Gasteiger charge is -2.09. The molecular formula is C15H17N. The minimum Gasteiger partial charge on any atom is -0.264 e. The van der Waals surface area contributed by atoms with E-state index in [-0.39, 0.29) is 0 Å². The van der Waals surface area contributed by atoms with Gasteiger partial charge in [0.2, 0.25) is 0 Å². The SMILES string of the molecule is C=C(CC(C)C)c1ccc2cnccc2c1. The second-order valence-electron chi connectivity index (χ2n) is 4.64. The van der Waals surface area contributed by atoms with Crippen LogP contribution in [0.5, 0.6) is 0 Å². The molecular weight excluding hydrogens is 194 g/mol. The zero-order chi connectivity index (χ0) is 11.5. The third-order valence-electron chi connectivity index (χ3n) is 2.70. The van der Waals surface area contributed by atoms with E-state index in [9.17, 15) is 0 Å². The van der Waals surface area contributed by atoms with Gasteiger partial charge in [0.1, 0.15) is 0 Å². The van der Waals surface area contributed by atoms with E-state index in [2.05, 4.69) is 43.6 Å². The third kappa shape index (κ3) is 2.30. The van der Waals surface area contributed by atoms with E-state index in [4.69, 9.17) is 0 Å². The number of nitrogens with zero attached hydrogens (tertiary/aromatic N) is 1. The first kappa shape index (κ1) is 10.9. The van der Waals surface area contributed by atoms with Gasteiger partial charge in [0, 0.05) is 17.8 Å². The van der Waals surface area contributed by atoms with Crippen molar-refractivity contribution in [1.29, 1.82) is 0 Å². The van der Waals surface area contributed by atoms with Gasteiger partial charge < -0.3 is 0 Å². The first-order valence-electron chi connectivity index (χ1n) is 5.69. The Bertz CT molecular complexity index is 512. The number of fused-ring (bicyclic) bond motifs is 1. The molecule has 1 heterocycles. The van der Waals surface area contributed by atoms with Crippen LogP contribution in [-0.4, -0.2) is 4.98 Å². The Morgan fingerprint density at radius 3 is 2.81 bits per heavy atom. The number of pyridine rings is 1. The quantitative estimate of drug-likeness (QED) is 0.737. The summed E-state index contributed by atoms with van der Waals surface area (Å²) in [6.45, 7) is 8.59. The molecule has 0 aliphatic carbocycles. The van der Waals surface area contributed by atoms with Crippen molar-refractivity contribution in [3.05, 3.63) is 48.8 Å². The lowest BCUT2D eigenvalue weighted by Crippen LogP contribution is -1.90. The van der Waals surface area contributed by atoms with Gasteiger partial charge in [0.05, 0.1) is 0 Å². The maximum Gasteiger partial charge on any atom is 0.0346 e. The highest BCUT2D eigenvalue weighted by molar-refractivity contribution is 5.85. The average molecular weight is 211 g/mol. The third-order valence-corrected chi connectivity index (χ3v) is 2.70. The topological polar surface area (TPSA) is 12.9 Å². The van der Waals surface area contributed by atoms with Crippen LogP contribution in [0.15, 0.2) is 43.2 Å². The van der Waals surface area contributed by atoms with Gasteiger partial charge in [-0.05, 0) is 41.0 Å². The van der Waals surface area contributed by atoms with E-state index in [1.807, 2.05) is 18.5 Å². The Kier molecular flexibility index (Phi) is 3.04. The molecule has 0 bridgehead atoms. The van der Waals surface area contributed by atoms with Gasteiger partial charge >= 0.3 is 0 Å². The molecule has 1 nitrogen and oxygen atoms in total. The van der Waals surface area contributed by atoms with Crippen molar-refractivity contribution in [2.45, 2.75) is 20.3 Å². The number of aromatic nitrogens is 1. The van der Waals surface area contributed by atoms with E-state index >= 15 is 0 Å². The molecule has 0 radical (unpaired) electrons. The second-order valence-corrected chi connectivity index (χ2v) is 4.64. The van der Waals surface area contributed by atoms with Gasteiger partial charge in [0.25, 0.3) is 0 Å². The number of allylic oxidation sites excluding steroid dienone is 1. The van der Waals surface area contributed by atoms with E-state index in [1.54, 1.807) is 0 Å². The Morgan fingerprint density at radius 2 is 2.06 bits per heavy atom. The van der Waals surface area contributed by atoms with Crippen LogP contribution in [0.1, 0.15) is 25.8 Å². The van der Waals surface area contributed by atoms with Crippen LogP contribution in [0.25, 0.3) is 16.3 Å². The van der Waals surface area contributed by atoms with Gasteiger partial charge in [-0.15, -0.1) is 0 Å². The summed E-state index contributed by atoms with van der Waals surface area (Å²) in [5, 5.41) is 2.42. The Hall–Kier alpha value is -1.63. The largest absolute Gasteiger partial charge is 0.264 e. The first-order valence-corrected chi connectivity index (χ1v) is 5.69. The minimum absolute atomic E-state index is 0.653. The van der Waals surface area contributed by atoms with Crippen LogP contribution in [0.2, 0.25) is 0 Å². The summed E-state index contributed by atoms with van der Waals surface area (Å²) in [5.74, 6) is 0.653. The number of hydrogen-bond acceptors (Lipinski definition) is 1. The highest BCUT2D eigenvalue weighted by Crippen LogP contribution is 2.24. The Balaban J connectivity index is 2.35. The molecule has 2 rings (SSSR count). The first-order chi connectivity index (χ1) is 7.66. The lowest BCUT2D eigenvalue weighted by molar-refractivity contribution is 0.674. The fourth-order valence-corrected chi connectivity index (χ4v) is 1.91. The Labute approximate surface area is 96.8 Å². The second kappa shape index (κ2) is 4.48. The molecule has 1 aromatic heterocycles. The van der Waals surface area contributed by atoms with Crippen LogP contribution < -0.4 is 0 Å². The lowest BCUT2D eigenvalue weighted by atomic mass is 9.96. The van der Waals surface area contributed by atoms with Gasteiger partial charge in [-0.25, -0.2) is 0 Å². The molecule has 0 N–H and O–H groups in total.